The summed E-state index contributed by atoms with van der Waals surface area (Å²) in [5.74, 6) is 0. The normalized spacial score (nSPS) is 12.4. The maximum Gasteiger partial charge on any atom is 0.0294 e. The van der Waals surface area contributed by atoms with E-state index in [1.165, 1.54) is 26.7 Å². The molecule has 0 radical (unpaired) electrons. The highest BCUT2D eigenvalue weighted by Gasteiger charge is 2.05. The molecule has 106 valence electrons. The van der Waals surface area contributed by atoms with Crippen LogP contribution in [0.15, 0.2) is 46.9 Å². The molecule has 1 nitrogen and oxygen atoms in total. The van der Waals surface area contributed by atoms with E-state index in [-0.39, 0.29) is 0 Å². The van der Waals surface area contributed by atoms with Gasteiger partial charge in [-0.05, 0) is 48.6 Å². The summed E-state index contributed by atoms with van der Waals surface area (Å²) in [6.45, 7) is 7.39. The van der Waals surface area contributed by atoms with Crippen molar-refractivity contribution in [3.8, 4) is 0 Å². The largest absolute Gasteiger partial charge is 0.306 e. The quantitative estimate of drug-likeness (QED) is 0.796. The second-order valence-electron chi connectivity index (χ2n) is 5.28. The maximum absolute atomic E-state index is 3.59. The first-order valence-electron chi connectivity index (χ1n) is 7.17. The zero-order valence-electron chi connectivity index (χ0n) is 12.4. The van der Waals surface area contributed by atoms with Crippen LogP contribution in [0.5, 0.6) is 0 Å². The van der Waals surface area contributed by atoms with Gasteiger partial charge in [0.15, 0.2) is 0 Å². The van der Waals surface area contributed by atoms with E-state index in [9.17, 15) is 0 Å². The van der Waals surface area contributed by atoms with Crippen LogP contribution in [0.2, 0.25) is 0 Å². The zero-order valence-corrected chi connectivity index (χ0v) is 14.0. The fourth-order valence-corrected chi connectivity index (χ4v) is 2.60. The van der Waals surface area contributed by atoms with E-state index >= 15 is 0 Å². The SMILES string of the molecule is CCc1ccc(C(C)NCc2ccc(C)c(Br)c2)cc1. The van der Waals surface area contributed by atoms with Gasteiger partial charge in [-0.15, -0.1) is 0 Å². The minimum atomic E-state index is 0.362. The van der Waals surface area contributed by atoms with E-state index in [0.717, 1.165) is 13.0 Å². The lowest BCUT2D eigenvalue weighted by atomic mass is 10.0. The first-order chi connectivity index (χ1) is 9.60. The Morgan fingerprint density at radius 2 is 1.70 bits per heavy atom. The molecule has 0 bridgehead atoms. The van der Waals surface area contributed by atoms with Gasteiger partial charge in [0.1, 0.15) is 0 Å². The van der Waals surface area contributed by atoms with E-state index < -0.39 is 0 Å². The maximum atomic E-state index is 3.59. The molecule has 2 aromatic rings. The van der Waals surface area contributed by atoms with Crippen LogP contribution in [0.1, 0.15) is 42.1 Å². The molecule has 0 spiro atoms. The van der Waals surface area contributed by atoms with Gasteiger partial charge in [-0.2, -0.15) is 0 Å². The molecule has 1 N–H and O–H groups in total. The first-order valence-corrected chi connectivity index (χ1v) is 7.96. The summed E-state index contributed by atoms with van der Waals surface area (Å²) < 4.78 is 1.18. The van der Waals surface area contributed by atoms with Gasteiger partial charge in [-0.1, -0.05) is 59.3 Å². The molecule has 0 aliphatic carbocycles. The van der Waals surface area contributed by atoms with Gasteiger partial charge in [0, 0.05) is 17.1 Å². The van der Waals surface area contributed by atoms with E-state index in [2.05, 4.69) is 84.5 Å². The Morgan fingerprint density at radius 3 is 2.30 bits per heavy atom. The van der Waals surface area contributed by atoms with E-state index in [0.29, 0.717) is 6.04 Å². The second-order valence-corrected chi connectivity index (χ2v) is 6.14. The molecule has 0 heterocycles. The topological polar surface area (TPSA) is 12.0 Å². The third kappa shape index (κ3) is 3.94. The van der Waals surface area contributed by atoms with Gasteiger partial charge in [-0.25, -0.2) is 0 Å². The third-order valence-electron chi connectivity index (χ3n) is 3.74. The zero-order chi connectivity index (χ0) is 14.5. The second kappa shape index (κ2) is 7.05. The van der Waals surface area contributed by atoms with Gasteiger partial charge < -0.3 is 5.32 Å². The van der Waals surface area contributed by atoms with E-state index in [1.807, 2.05) is 0 Å². The Morgan fingerprint density at radius 1 is 1.05 bits per heavy atom. The summed E-state index contributed by atoms with van der Waals surface area (Å²) in [7, 11) is 0. The molecule has 0 aliphatic rings. The molecule has 0 fully saturated rings. The summed E-state index contributed by atoms with van der Waals surface area (Å²) >= 11 is 3.59. The lowest BCUT2D eigenvalue weighted by Gasteiger charge is -2.15. The van der Waals surface area contributed by atoms with Crippen molar-refractivity contribution >= 4 is 15.9 Å². The lowest BCUT2D eigenvalue weighted by molar-refractivity contribution is 0.574. The highest BCUT2D eigenvalue weighted by atomic mass is 79.9. The molecule has 0 saturated carbocycles. The summed E-state index contributed by atoms with van der Waals surface area (Å²) in [5.41, 5.74) is 5.31. The molecule has 0 saturated heterocycles. The standard InChI is InChI=1S/C18H22BrN/c1-4-15-7-9-17(10-8-15)14(3)20-12-16-6-5-13(2)18(19)11-16/h5-11,14,20H,4,12H2,1-3H3. The smallest absolute Gasteiger partial charge is 0.0294 e. The number of nitrogens with one attached hydrogen (secondary N) is 1. The van der Waals surface area contributed by atoms with Gasteiger partial charge >= 0.3 is 0 Å². The van der Waals surface area contributed by atoms with Crippen molar-refractivity contribution < 1.29 is 0 Å². The Hall–Kier alpha value is -1.12. The molecule has 0 aromatic heterocycles. The molecular formula is C18H22BrN. The Kier molecular flexibility index (Phi) is 5.38. The highest BCUT2D eigenvalue weighted by molar-refractivity contribution is 9.10. The van der Waals surface area contributed by atoms with Crippen LogP contribution < -0.4 is 5.32 Å². The first kappa shape index (κ1) is 15.3. The van der Waals surface area contributed by atoms with Crippen LogP contribution in [0.3, 0.4) is 0 Å². The number of aryl methyl sites for hydroxylation is 2. The summed E-state index contributed by atoms with van der Waals surface area (Å²) in [4.78, 5) is 0. The van der Waals surface area contributed by atoms with E-state index in [4.69, 9.17) is 0 Å². The molecule has 1 unspecified atom stereocenters. The molecule has 0 aliphatic heterocycles. The van der Waals surface area contributed by atoms with Crippen LogP contribution >= 0.6 is 15.9 Å². The van der Waals surface area contributed by atoms with Gasteiger partial charge in [0.2, 0.25) is 0 Å². The highest BCUT2D eigenvalue weighted by Crippen LogP contribution is 2.19. The molecule has 1 atom stereocenters. The molecule has 2 rings (SSSR count). The van der Waals surface area contributed by atoms with Crippen molar-refractivity contribution in [3.05, 3.63) is 69.2 Å². The summed E-state index contributed by atoms with van der Waals surface area (Å²) in [5, 5.41) is 3.58. The predicted molar refractivity (Wildman–Crippen MR) is 90.0 cm³/mol. The van der Waals surface area contributed by atoms with Gasteiger partial charge in [-0.3, -0.25) is 0 Å². The Labute approximate surface area is 130 Å². The summed E-state index contributed by atoms with van der Waals surface area (Å²) in [6, 6.07) is 15.8. The number of hydrogen-bond acceptors (Lipinski definition) is 1. The van der Waals surface area contributed by atoms with Crippen molar-refractivity contribution in [2.75, 3.05) is 0 Å². The Bertz CT molecular complexity index is 560. The van der Waals surface area contributed by atoms with Crippen LogP contribution in [0.25, 0.3) is 0 Å². The van der Waals surface area contributed by atoms with Crippen molar-refractivity contribution in [2.24, 2.45) is 0 Å². The van der Waals surface area contributed by atoms with E-state index in [1.54, 1.807) is 0 Å². The molecule has 2 heteroatoms. The van der Waals surface area contributed by atoms with Crippen molar-refractivity contribution in [1.82, 2.24) is 5.32 Å². The van der Waals surface area contributed by atoms with Crippen LogP contribution in [0.4, 0.5) is 0 Å². The van der Waals surface area contributed by atoms with Crippen LogP contribution in [0, 0.1) is 6.92 Å². The predicted octanol–water partition coefficient (Wildman–Crippen LogP) is 5.17. The van der Waals surface area contributed by atoms with Gasteiger partial charge in [0.05, 0.1) is 0 Å². The average molecular weight is 332 g/mol. The molecule has 20 heavy (non-hydrogen) atoms. The van der Waals surface area contributed by atoms with Gasteiger partial charge in [0.25, 0.3) is 0 Å². The number of rotatable bonds is 5. The number of halogens is 1. The minimum Gasteiger partial charge on any atom is -0.306 e. The minimum absolute atomic E-state index is 0.362. The van der Waals surface area contributed by atoms with Crippen molar-refractivity contribution in [1.29, 1.82) is 0 Å². The third-order valence-corrected chi connectivity index (χ3v) is 4.59. The Balaban J connectivity index is 1.96. The lowest BCUT2D eigenvalue weighted by Crippen LogP contribution is -2.18. The van der Waals surface area contributed by atoms with Crippen molar-refractivity contribution in [3.63, 3.8) is 0 Å². The summed E-state index contributed by atoms with van der Waals surface area (Å²) in [6.07, 6.45) is 1.10. The molecular weight excluding hydrogens is 310 g/mol. The molecule has 0 amide bonds. The number of benzene rings is 2. The fraction of sp³-hybridized carbons (Fsp3) is 0.333. The number of hydrogen-bond donors (Lipinski definition) is 1. The monoisotopic (exact) mass is 331 g/mol. The van der Waals surface area contributed by atoms with Crippen molar-refractivity contribution in [2.45, 2.75) is 39.8 Å². The fourth-order valence-electron chi connectivity index (χ4n) is 2.18. The average Bonchev–Trinajstić information content (AvgIpc) is 2.48. The van der Waals surface area contributed by atoms with Crippen LogP contribution in [-0.4, -0.2) is 0 Å². The van der Waals surface area contributed by atoms with Crippen LogP contribution in [-0.2, 0) is 13.0 Å². The molecule has 2 aromatic carbocycles.